The molecule has 26 heavy (non-hydrogen) atoms. The highest BCUT2D eigenvalue weighted by molar-refractivity contribution is 8.24. The second-order valence-electron chi connectivity index (χ2n) is 6.20. The molecular weight excluding hydrogens is 366 g/mol. The normalized spacial score (nSPS) is 17.4. The van der Waals surface area contributed by atoms with Crippen molar-refractivity contribution in [3.8, 4) is 0 Å². The number of aliphatic carboxylic acids is 1. The second kappa shape index (κ2) is 6.70. The SMILES string of the molecule is O=C(O)CN1C(=O)C(Cc2cc3ccccc3c3ccccc23)SC1=S. The molecule has 1 amide bonds. The van der Waals surface area contributed by atoms with Crippen molar-refractivity contribution in [3.63, 3.8) is 0 Å². The number of carboxylic acids is 1. The Labute approximate surface area is 159 Å². The van der Waals surface area contributed by atoms with Gasteiger partial charge in [0.05, 0.1) is 5.25 Å². The van der Waals surface area contributed by atoms with Gasteiger partial charge in [-0.25, -0.2) is 0 Å². The number of hydrogen-bond donors (Lipinski definition) is 1. The number of nitrogens with zero attached hydrogens (tertiary/aromatic N) is 1. The zero-order valence-corrected chi connectivity index (χ0v) is 15.3. The Morgan fingerprint density at radius 1 is 1.08 bits per heavy atom. The van der Waals surface area contributed by atoms with E-state index in [1.807, 2.05) is 24.3 Å². The standard InChI is InChI=1S/C20H15NO3S2/c22-18(23)11-21-19(24)17(26-20(21)25)10-13-9-12-5-1-2-6-14(12)16-8-4-3-7-15(13)16/h1-9,17H,10-11H2,(H,22,23). The first-order valence-electron chi connectivity index (χ1n) is 8.18. The number of fused-ring (bicyclic) bond motifs is 3. The zero-order valence-electron chi connectivity index (χ0n) is 13.7. The van der Waals surface area contributed by atoms with Crippen LogP contribution in [0.1, 0.15) is 5.56 Å². The van der Waals surface area contributed by atoms with Crippen LogP contribution < -0.4 is 0 Å². The van der Waals surface area contributed by atoms with E-state index < -0.39 is 5.97 Å². The molecule has 1 saturated heterocycles. The summed E-state index contributed by atoms with van der Waals surface area (Å²) in [5.74, 6) is -1.28. The van der Waals surface area contributed by atoms with Crippen LogP contribution >= 0.6 is 24.0 Å². The van der Waals surface area contributed by atoms with Gasteiger partial charge >= 0.3 is 5.97 Å². The maximum absolute atomic E-state index is 12.6. The summed E-state index contributed by atoms with van der Waals surface area (Å²) in [6.45, 7) is -0.375. The van der Waals surface area contributed by atoms with Gasteiger partial charge in [0.25, 0.3) is 0 Å². The third kappa shape index (κ3) is 2.95. The first-order valence-corrected chi connectivity index (χ1v) is 9.46. The highest BCUT2D eigenvalue weighted by Crippen LogP contribution is 2.34. The van der Waals surface area contributed by atoms with Crippen LogP contribution in [0.25, 0.3) is 21.5 Å². The third-order valence-electron chi connectivity index (χ3n) is 4.56. The molecule has 0 aliphatic carbocycles. The van der Waals surface area contributed by atoms with E-state index in [4.69, 9.17) is 17.3 Å². The lowest BCUT2D eigenvalue weighted by atomic mass is 9.95. The lowest BCUT2D eigenvalue weighted by molar-refractivity contribution is -0.141. The van der Waals surface area contributed by atoms with Crippen LogP contribution in [0, 0.1) is 0 Å². The fourth-order valence-electron chi connectivity index (χ4n) is 3.41. The molecule has 3 aromatic rings. The van der Waals surface area contributed by atoms with E-state index in [9.17, 15) is 9.59 Å². The third-order valence-corrected chi connectivity index (χ3v) is 6.14. The van der Waals surface area contributed by atoms with Crippen LogP contribution in [0.5, 0.6) is 0 Å². The van der Waals surface area contributed by atoms with Crippen molar-refractivity contribution in [1.29, 1.82) is 0 Å². The number of rotatable bonds is 4. The van der Waals surface area contributed by atoms with Crippen molar-refractivity contribution < 1.29 is 14.7 Å². The molecule has 0 saturated carbocycles. The van der Waals surface area contributed by atoms with E-state index in [0.29, 0.717) is 10.7 Å². The maximum atomic E-state index is 12.6. The van der Waals surface area contributed by atoms with Gasteiger partial charge in [-0.3, -0.25) is 14.5 Å². The summed E-state index contributed by atoms with van der Waals surface area (Å²) in [6, 6.07) is 18.5. The molecule has 0 radical (unpaired) electrons. The quantitative estimate of drug-likeness (QED) is 0.550. The van der Waals surface area contributed by atoms with E-state index in [2.05, 4.69) is 30.3 Å². The Morgan fingerprint density at radius 3 is 2.46 bits per heavy atom. The van der Waals surface area contributed by atoms with Crippen LogP contribution in [0.3, 0.4) is 0 Å². The first-order chi connectivity index (χ1) is 12.5. The van der Waals surface area contributed by atoms with Gasteiger partial charge in [0.1, 0.15) is 10.9 Å². The summed E-state index contributed by atoms with van der Waals surface area (Å²) in [4.78, 5) is 24.8. The topological polar surface area (TPSA) is 57.6 Å². The fourth-order valence-corrected chi connectivity index (χ4v) is 4.93. The van der Waals surface area contributed by atoms with Gasteiger partial charge in [-0.1, -0.05) is 78.6 Å². The Kier molecular flexibility index (Phi) is 4.38. The molecule has 0 bridgehead atoms. The highest BCUT2D eigenvalue weighted by Gasteiger charge is 2.38. The van der Waals surface area contributed by atoms with E-state index in [1.165, 1.54) is 22.0 Å². The average Bonchev–Trinajstić information content (AvgIpc) is 2.89. The van der Waals surface area contributed by atoms with Crippen molar-refractivity contribution in [3.05, 3.63) is 60.2 Å². The van der Waals surface area contributed by atoms with Crippen LogP contribution in [0.15, 0.2) is 54.6 Å². The number of amides is 1. The number of carbonyl (C=O) groups excluding carboxylic acids is 1. The fraction of sp³-hybridized carbons (Fsp3) is 0.150. The van der Waals surface area contributed by atoms with Gasteiger partial charge in [0.2, 0.25) is 5.91 Å². The molecule has 1 atom stereocenters. The second-order valence-corrected chi connectivity index (χ2v) is 8.03. The highest BCUT2D eigenvalue weighted by atomic mass is 32.2. The Morgan fingerprint density at radius 2 is 1.73 bits per heavy atom. The molecule has 4 nitrogen and oxygen atoms in total. The molecule has 130 valence electrons. The number of benzene rings is 3. The zero-order chi connectivity index (χ0) is 18.3. The van der Waals surface area contributed by atoms with Gasteiger partial charge in [-0.2, -0.15) is 0 Å². The lowest BCUT2D eigenvalue weighted by Crippen LogP contribution is -2.36. The number of carbonyl (C=O) groups is 2. The molecule has 3 aromatic carbocycles. The summed E-state index contributed by atoms with van der Waals surface area (Å²) in [5, 5.41) is 13.2. The average molecular weight is 381 g/mol. The van der Waals surface area contributed by atoms with Crippen LogP contribution in [0.2, 0.25) is 0 Å². The van der Waals surface area contributed by atoms with Crippen molar-refractivity contribution in [2.45, 2.75) is 11.7 Å². The largest absolute Gasteiger partial charge is 0.480 e. The van der Waals surface area contributed by atoms with Crippen molar-refractivity contribution >= 4 is 61.7 Å². The van der Waals surface area contributed by atoms with Gasteiger partial charge in [0.15, 0.2) is 0 Å². The number of hydrogen-bond acceptors (Lipinski definition) is 4. The summed E-state index contributed by atoms with van der Waals surface area (Å²) >= 11 is 6.48. The van der Waals surface area contributed by atoms with Crippen molar-refractivity contribution in [1.82, 2.24) is 4.90 Å². The molecule has 1 N–H and O–H groups in total. The Hall–Kier alpha value is -2.44. The minimum absolute atomic E-state index is 0.223. The molecule has 1 aliphatic heterocycles. The van der Waals surface area contributed by atoms with Crippen molar-refractivity contribution in [2.75, 3.05) is 6.54 Å². The minimum Gasteiger partial charge on any atom is -0.480 e. The van der Waals surface area contributed by atoms with Crippen LogP contribution in [0.4, 0.5) is 0 Å². The molecule has 4 rings (SSSR count). The van der Waals surface area contributed by atoms with E-state index in [1.54, 1.807) is 0 Å². The van der Waals surface area contributed by atoms with E-state index >= 15 is 0 Å². The Bertz CT molecular complexity index is 1060. The summed E-state index contributed by atoms with van der Waals surface area (Å²) in [6.07, 6.45) is 0.519. The van der Waals surface area contributed by atoms with Gasteiger partial charge in [0, 0.05) is 0 Å². The van der Waals surface area contributed by atoms with Crippen LogP contribution in [-0.4, -0.2) is 38.0 Å². The van der Waals surface area contributed by atoms with E-state index in [-0.39, 0.29) is 17.7 Å². The molecule has 0 spiro atoms. The van der Waals surface area contributed by atoms with E-state index in [0.717, 1.165) is 21.7 Å². The lowest BCUT2D eigenvalue weighted by Gasteiger charge is -2.14. The summed E-state index contributed by atoms with van der Waals surface area (Å²) in [7, 11) is 0. The van der Waals surface area contributed by atoms with Gasteiger partial charge in [-0.05, 0) is 33.5 Å². The Balaban J connectivity index is 1.74. The summed E-state index contributed by atoms with van der Waals surface area (Å²) in [5.41, 5.74) is 1.07. The molecule has 1 fully saturated rings. The molecule has 1 unspecified atom stereocenters. The number of thiocarbonyl (C=S) groups is 1. The van der Waals surface area contributed by atoms with Crippen molar-refractivity contribution in [2.24, 2.45) is 0 Å². The van der Waals surface area contributed by atoms with Gasteiger partial charge in [-0.15, -0.1) is 0 Å². The monoisotopic (exact) mass is 381 g/mol. The minimum atomic E-state index is -1.06. The maximum Gasteiger partial charge on any atom is 0.323 e. The predicted molar refractivity (Wildman–Crippen MR) is 108 cm³/mol. The summed E-state index contributed by atoms with van der Waals surface area (Å²) < 4.78 is 0.340. The molecule has 6 heteroatoms. The van der Waals surface area contributed by atoms with Crippen LogP contribution in [-0.2, 0) is 16.0 Å². The van der Waals surface area contributed by atoms with Gasteiger partial charge < -0.3 is 5.11 Å². The number of carboxylic acid groups (broad SMARTS) is 1. The smallest absolute Gasteiger partial charge is 0.323 e. The first kappa shape index (κ1) is 17.0. The molecular formula is C20H15NO3S2. The predicted octanol–water partition coefficient (Wildman–Crippen LogP) is 3.85. The number of thioether (sulfide) groups is 1. The molecule has 1 aliphatic rings. The molecule has 0 aromatic heterocycles. The molecule has 1 heterocycles.